The van der Waals surface area contributed by atoms with Crippen molar-refractivity contribution in [1.29, 1.82) is 0 Å². The first-order valence-corrected chi connectivity index (χ1v) is 7.38. The standard InChI is InChI=1S/C16H19BF2O5/c1-15(2)16(3,4)24-17(23-15)10(8-20)5-9-6-12(18)13(19)7-11(9)14(21)22/h5-7,20H,8H2,1-4H3,(H,21,22). The van der Waals surface area contributed by atoms with E-state index < -0.39 is 48.1 Å². The number of aromatic carboxylic acids is 1. The van der Waals surface area contributed by atoms with E-state index in [1.165, 1.54) is 6.08 Å². The molecule has 1 saturated heterocycles. The summed E-state index contributed by atoms with van der Waals surface area (Å²) in [6.07, 6.45) is 1.24. The molecular formula is C16H19BF2O5. The summed E-state index contributed by atoms with van der Waals surface area (Å²) in [5.41, 5.74) is -1.61. The number of aliphatic hydroxyl groups is 1. The summed E-state index contributed by atoms with van der Waals surface area (Å²) in [5.74, 6) is -3.85. The van der Waals surface area contributed by atoms with Gasteiger partial charge in [0, 0.05) is 0 Å². The molecule has 0 spiro atoms. The van der Waals surface area contributed by atoms with Gasteiger partial charge in [-0.2, -0.15) is 0 Å². The maximum Gasteiger partial charge on any atom is 0.492 e. The van der Waals surface area contributed by atoms with Gasteiger partial charge in [-0.15, -0.1) is 0 Å². The van der Waals surface area contributed by atoms with Crippen LogP contribution in [0.4, 0.5) is 8.78 Å². The van der Waals surface area contributed by atoms with Crippen LogP contribution < -0.4 is 0 Å². The highest BCUT2D eigenvalue weighted by Crippen LogP contribution is 2.38. The lowest BCUT2D eigenvalue weighted by molar-refractivity contribution is 0.00578. The van der Waals surface area contributed by atoms with Crippen LogP contribution in [0.15, 0.2) is 17.6 Å². The molecule has 5 nitrogen and oxygen atoms in total. The number of carboxylic acids is 1. The van der Waals surface area contributed by atoms with Crippen molar-refractivity contribution in [3.05, 3.63) is 40.4 Å². The molecule has 0 unspecified atom stereocenters. The van der Waals surface area contributed by atoms with Crippen LogP contribution in [-0.4, -0.2) is 41.1 Å². The molecule has 0 saturated carbocycles. The van der Waals surface area contributed by atoms with E-state index in [-0.39, 0.29) is 11.0 Å². The summed E-state index contributed by atoms with van der Waals surface area (Å²) in [7, 11) is -0.922. The highest BCUT2D eigenvalue weighted by Gasteiger charge is 2.52. The predicted octanol–water partition coefficient (Wildman–Crippen LogP) is 2.67. The van der Waals surface area contributed by atoms with Crippen LogP contribution in [0, 0.1) is 11.6 Å². The third-order valence-corrected chi connectivity index (χ3v) is 4.40. The highest BCUT2D eigenvalue weighted by atomic mass is 19.2. The monoisotopic (exact) mass is 340 g/mol. The number of rotatable bonds is 4. The second-order valence-electron chi connectivity index (χ2n) is 6.62. The van der Waals surface area contributed by atoms with Crippen molar-refractivity contribution >= 4 is 19.2 Å². The van der Waals surface area contributed by atoms with Crippen LogP contribution in [-0.2, 0) is 9.31 Å². The Labute approximate surface area is 139 Å². The second-order valence-corrected chi connectivity index (χ2v) is 6.62. The number of benzene rings is 1. The topological polar surface area (TPSA) is 76.0 Å². The highest BCUT2D eigenvalue weighted by molar-refractivity contribution is 6.55. The van der Waals surface area contributed by atoms with Crippen LogP contribution in [0.25, 0.3) is 6.08 Å². The van der Waals surface area contributed by atoms with Gasteiger partial charge in [0.1, 0.15) is 0 Å². The summed E-state index contributed by atoms with van der Waals surface area (Å²) in [5, 5.41) is 18.8. The van der Waals surface area contributed by atoms with Gasteiger partial charge < -0.3 is 19.5 Å². The van der Waals surface area contributed by atoms with E-state index in [0.717, 1.165) is 6.07 Å². The minimum absolute atomic E-state index is 0.0832. The predicted molar refractivity (Wildman–Crippen MR) is 84.5 cm³/mol. The fraction of sp³-hybridized carbons (Fsp3) is 0.438. The normalized spacial score (nSPS) is 19.6. The third kappa shape index (κ3) is 3.36. The van der Waals surface area contributed by atoms with Gasteiger partial charge in [0.25, 0.3) is 0 Å². The fourth-order valence-corrected chi connectivity index (χ4v) is 2.25. The number of aliphatic hydroxyl groups excluding tert-OH is 1. The van der Waals surface area contributed by atoms with Crippen LogP contribution in [0.3, 0.4) is 0 Å². The molecule has 2 rings (SSSR count). The molecule has 0 aromatic heterocycles. The molecule has 1 aliphatic rings. The van der Waals surface area contributed by atoms with Gasteiger partial charge in [-0.3, -0.25) is 0 Å². The average Bonchev–Trinajstić information content (AvgIpc) is 2.67. The van der Waals surface area contributed by atoms with Crippen molar-refractivity contribution in [2.75, 3.05) is 6.61 Å². The number of halogens is 2. The lowest BCUT2D eigenvalue weighted by atomic mass is 9.77. The molecule has 0 radical (unpaired) electrons. The molecule has 2 N–H and O–H groups in total. The van der Waals surface area contributed by atoms with E-state index in [0.29, 0.717) is 6.07 Å². The summed E-state index contributed by atoms with van der Waals surface area (Å²) in [4.78, 5) is 11.2. The lowest BCUT2D eigenvalue weighted by Gasteiger charge is -2.32. The SMILES string of the molecule is CC1(C)OB(C(=Cc2cc(F)c(F)cc2C(=O)O)CO)OC1(C)C. The summed E-state index contributed by atoms with van der Waals surface area (Å²) < 4.78 is 38.3. The number of carbonyl (C=O) groups is 1. The van der Waals surface area contributed by atoms with Crippen molar-refractivity contribution in [2.45, 2.75) is 38.9 Å². The second kappa shape index (κ2) is 6.27. The van der Waals surface area contributed by atoms with Gasteiger partial charge >= 0.3 is 13.1 Å². The first-order chi connectivity index (χ1) is 11.0. The van der Waals surface area contributed by atoms with E-state index in [1.807, 2.05) is 27.7 Å². The molecule has 0 atom stereocenters. The fourth-order valence-electron chi connectivity index (χ4n) is 2.25. The molecule has 130 valence electrons. The molecule has 1 aromatic carbocycles. The Morgan fingerprint density at radius 1 is 1.17 bits per heavy atom. The van der Waals surface area contributed by atoms with Gasteiger partial charge in [0.2, 0.25) is 0 Å². The molecular weight excluding hydrogens is 321 g/mol. The van der Waals surface area contributed by atoms with Crippen LogP contribution >= 0.6 is 0 Å². The van der Waals surface area contributed by atoms with Crippen molar-refractivity contribution in [2.24, 2.45) is 0 Å². The maximum absolute atomic E-state index is 13.5. The van der Waals surface area contributed by atoms with Crippen LogP contribution in [0.2, 0.25) is 0 Å². The molecule has 0 aliphatic carbocycles. The molecule has 24 heavy (non-hydrogen) atoms. The maximum atomic E-state index is 13.5. The zero-order valence-corrected chi connectivity index (χ0v) is 13.9. The van der Waals surface area contributed by atoms with Gasteiger partial charge in [-0.1, -0.05) is 6.08 Å². The van der Waals surface area contributed by atoms with Gasteiger partial charge in [-0.05, 0) is 50.9 Å². The quantitative estimate of drug-likeness (QED) is 0.825. The van der Waals surface area contributed by atoms with Crippen LogP contribution in [0.5, 0.6) is 0 Å². The lowest BCUT2D eigenvalue weighted by Crippen LogP contribution is -2.41. The van der Waals surface area contributed by atoms with Crippen molar-refractivity contribution in [3.8, 4) is 0 Å². The Balaban J connectivity index is 2.46. The number of hydrogen-bond acceptors (Lipinski definition) is 4. The molecule has 1 fully saturated rings. The molecule has 1 aromatic rings. The van der Waals surface area contributed by atoms with Crippen molar-refractivity contribution in [3.63, 3.8) is 0 Å². The first kappa shape index (κ1) is 18.6. The summed E-state index contributed by atoms with van der Waals surface area (Å²) in [6.45, 7) is 6.80. The Hall–Kier alpha value is -1.77. The van der Waals surface area contributed by atoms with Crippen molar-refractivity contribution < 1.29 is 33.1 Å². The Morgan fingerprint density at radius 3 is 2.12 bits per heavy atom. The molecule has 1 heterocycles. The first-order valence-electron chi connectivity index (χ1n) is 7.38. The minimum atomic E-state index is -1.41. The Morgan fingerprint density at radius 2 is 1.67 bits per heavy atom. The number of hydrogen-bond donors (Lipinski definition) is 2. The van der Waals surface area contributed by atoms with Crippen LogP contribution in [0.1, 0.15) is 43.6 Å². The Kier molecular flexibility index (Phi) is 4.85. The molecule has 1 aliphatic heterocycles. The molecule has 0 bridgehead atoms. The summed E-state index contributed by atoms with van der Waals surface area (Å²) >= 11 is 0. The molecule has 0 amide bonds. The molecule has 8 heteroatoms. The smallest absolute Gasteiger partial charge is 0.478 e. The van der Waals surface area contributed by atoms with Gasteiger partial charge in [0.15, 0.2) is 11.6 Å². The van der Waals surface area contributed by atoms with E-state index in [9.17, 15) is 18.7 Å². The largest absolute Gasteiger partial charge is 0.492 e. The zero-order chi connectivity index (χ0) is 18.3. The minimum Gasteiger partial charge on any atom is -0.478 e. The average molecular weight is 340 g/mol. The van der Waals surface area contributed by atoms with E-state index in [4.69, 9.17) is 14.4 Å². The van der Waals surface area contributed by atoms with E-state index in [2.05, 4.69) is 0 Å². The van der Waals surface area contributed by atoms with Gasteiger partial charge in [-0.25, -0.2) is 13.6 Å². The Bertz CT molecular complexity index is 684. The van der Waals surface area contributed by atoms with E-state index in [1.54, 1.807) is 0 Å². The van der Waals surface area contributed by atoms with Crippen molar-refractivity contribution in [1.82, 2.24) is 0 Å². The van der Waals surface area contributed by atoms with E-state index >= 15 is 0 Å². The number of carboxylic acid groups (broad SMARTS) is 1. The third-order valence-electron chi connectivity index (χ3n) is 4.40. The zero-order valence-electron chi connectivity index (χ0n) is 13.9. The summed E-state index contributed by atoms with van der Waals surface area (Å²) in [6, 6.07) is 1.36. The van der Waals surface area contributed by atoms with Gasteiger partial charge in [0.05, 0.1) is 23.4 Å².